The Balaban J connectivity index is 1.76. The van der Waals surface area contributed by atoms with E-state index < -0.39 is 23.7 Å². The molecular formula is C30H30N2O6. The topological polar surface area (TPSA) is 106 Å². The number of amides is 1. The van der Waals surface area contributed by atoms with E-state index in [2.05, 4.69) is 4.98 Å². The second-order valence-corrected chi connectivity index (χ2v) is 9.50. The van der Waals surface area contributed by atoms with Crippen molar-refractivity contribution in [2.75, 3.05) is 7.11 Å². The van der Waals surface area contributed by atoms with Crippen molar-refractivity contribution in [3.05, 3.63) is 99.9 Å². The smallest absolute Gasteiger partial charge is 0.338 e. The molecule has 196 valence electrons. The Labute approximate surface area is 221 Å². The van der Waals surface area contributed by atoms with Gasteiger partial charge in [-0.15, -0.1) is 0 Å². The van der Waals surface area contributed by atoms with Gasteiger partial charge in [0, 0.05) is 24.5 Å². The molecule has 0 bridgehead atoms. The van der Waals surface area contributed by atoms with Gasteiger partial charge in [-0.3, -0.25) is 14.6 Å². The number of aliphatic hydroxyl groups excluding tert-OH is 1. The van der Waals surface area contributed by atoms with E-state index in [9.17, 15) is 19.5 Å². The Morgan fingerprint density at radius 3 is 2.39 bits per heavy atom. The van der Waals surface area contributed by atoms with Crippen LogP contribution in [0.1, 0.15) is 58.1 Å². The van der Waals surface area contributed by atoms with Gasteiger partial charge in [0.2, 0.25) is 0 Å². The highest BCUT2D eigenvalue weighted by Crippen LogP contribution is 2.41. The maximum absolute atomic E-state index is 13.4. The van der Waals surface area contributed by atoms with Crippen molar-refractivity contribution in [1.29, 1.82) is 0 Å². The summed E-state index contributed by atoms with van der Waals surface area (Å²) in [5.74, 6) is -1.54. The third-order valence-corrected chi connectivity index (χ3v) is 6.42. The Kier molecular flexibility index (Phi) is 7.62. The summed E-state index contributed by atoms with van der Waals surface area (Å²) in [5, 5.41) is 11.4. The fourth-order valence-corrected chi connectivity index (χ4v) is 4.56. The molecule has 3 aromatic rings. The van der Waals surface area contributed by atoms with Crippen LogP contribution < -0.4 is 4.74 Å². The molecular weight excluding hydrogens is 484 g/mol. The van der Waals surface area contributed by atoms with Crippen molar-refractivity contribution in [2.45, 2.75) is 46.4 Å². The van der Waals surface area contributed by atoms with Crippen LogP contribution in [0, 0.1) is 13.8 Å². The van der Waals surface area contributed by atoms with E-state index in [1.807, 2.05) is 6.92 Å². The quantitative estimate of drug-likeness (QED) is 0.207. The fraction of sp³-hybridized carbons (Fsp3) is 0.267. The van der Waals surface area contributed by atoms with Crippen molar-refractivity contribution in [1.82, 2.24) is 9.88 Å². The maximum Gasteiger partial charge on any atom is 0.338 e. The van der Waals surface area contributed by atoms with Crippen LogP contribution in [-0.4, -0.2) is 45.9 Å². The number of rotatable bonds is 7. The first-order valence-electron chi connectivity index (χ1n) is 12.3. The molecule has 1 unspecified atom stereocenters. The van der Waals surface area contributed by atoms with Gasteiger partial charge in [0.25, 0.3) is 11.7 Å². The number of likely N-dealkylation sites (tertiary alicyclic amines) is 1. The lowest BCUT2D eigenvalue weighted by atomic mass is 9.93. The summed E-state index contributed by atoms with van der Waals surface area (Å²) in [4.78, 5) is 44.5. The standard InChI is InChI=1S/C30H30N2O6/c1-17(2)38-30(36)21-10-8-20(9-11-21)16-32-26(22-7-6-12-31-15-22)25(28(34)29(32)35)27(33)23-13-19(4)24(37-5)14-18(23)3/h6-15,17,26,33H,16H2,1-5H3/b27-25+. The van der Waals surface area contributed by atoms with Crippen LogP contribution in [0.2, 0.25) is 0 Å². The Hall–Kier alpha value is -4.46. The van der Waals surface area contributed by atoms with Crippen molar-refractivity contribution in [3.8, 4) is 5.75 Å². The number of methoxy groups -OCH3 is 1. The van der Waals surface area contributed by atoms with Gasteiger partial charge in [0.05, 0.1) is 30.4 Å². The van der Waals surface area contributed by atoms with E-state index in [1.165, 1.54) is 4.90 Å². The van der Waals surface area contributed by atoms with Crippen LogP contribution in [0.3, 0.4) is 0 Å². The summed E-state index contributed by atoms with van der Waals surface area (Å²) < 4.78 is 10.6. The zero-order valence-corrected chi connectivity index (χ0v) is 22.0. The normalized spacial score (nSPS) is 16.7. The molecule has 0 spiro atoms. The number of aryl methyl sites for hydroxylation is 2. The predicted molar refractivity (Wildman–Crippen MR) is 142 cm³/mol. The molecule has 0 saturated carbocycles. The van der Waals surface area contributed by atoms with E-state index in [-0.39, 0.29) is 24.0 Å². The number of nitrogens with zero attached hydrogens (tertiary/aromatic N) is 2. The molecule has 1 atom stereocenters. The average molecular weight is 515 g/mol. The molecule has 38 heavy (non-hydrogen) atoms. The van der Waals surface area contributed by atoms with Crippen molar-refractivity contribution < 1.29 is 29.0 Å². The molecule has 4 rings (SSSR count). The number of carbonyl (C=O) groups is 3. The van der Waals surface area contributed by atoms with Crippen LogP contribution >= 0.6 is 0 Å². The SMILES string of the molecule is COc1cc(C)c(/C(O)=C2\C(=O)C(=O)N(Cc3ccc(C(=O)OC(C)C)cc3)C2c2cccnc2)cc1C. The highest BCUT2D eigenvalue weighted by molar-refractivity contribution is 6.46. The number of pyridine rings is 1. The van der Waals surface area contributed by atoms with Gasteiger partial charge in [-0.1, -0.05) is 18.2 Å². The van der Waals surface area contributed by atoms with E-state index in [1.54, 1.807) is 88.8 Å². The van der Waals surface area contributed by atoms with Gasteiger partial charge in [0.1, 0.15) is 11.5 Å². The lowest BCUT2D eigenvalue weighted by molar-refractivity contribution is -0.140. The molecule has 2 heterocycles. The minimum Gasteiger partial charge on any atom is -0.507 e. The predicted octanol–water partition coefficient (Wildman–Crippen LogP) is 4.89. The summed E-state index contributed by atoms with van der Waals surface area (Å²) in [6, 6.07) is 12.8. The molecule has 8 nitrogen and oxygen atoms in total. The number of hydrogen-bond donors (Lipinski definition) is 1. The summed E-state index contributed by atoms with van der Waals surface area (Å²) in [6.45, 7) is 7.28. The van der Waals surface area contributed by atoms with Gasteiger partial charge in [0.15, 0.2) is 0 Å². The highest BCUT2D eigenvalue weighted by Gasteiger charge is 2.46. The fourth-order valence-electron chi connectivity index (χ4n) is 4.56. The Morgan fingerprint density at radius 2 is 1.79 bits per heavy atom. The van der Waals surface area contributed by atoms with Crippen LogP contribution in [-0.2, 0) is 20.9 Å². The molecule has 1 amide bonds. The molecule has 2 aromatic carbocycles. The molecule has 1 saturated heterocycles. The third kappa shape index (κ3) is 5.16. The molecule has 1 aliphatic rings. The third-order valence-electron chi connectivity index (χ3n) is 6.42. The van der Waals surface area contributed by atoms with Gasteiger partial charge >= 0.3 is 5.97 Å². The molecule has 0 radical (unpaired) electrons. The van der Waals surface area contributed by atoms with E-state index >= 15 is 0 Å². The molecule has 0 aliphatic carbocycles. The van der Waals surface area contributed by atoms with Gasteiger partial charge < -0.3 is 19.5 Å². The van der Waals surface area contributed by atoms with Crippen LogP contribution in [0.25, 0.3) is 5.76 Å². The van der Waals surface area contributed by atoms with Gasteiger partial charge in [-0.25, -0.2) is 4.79 Å². The van der Waals surface area contributed by atoms with Gasteiger partial charge in [-0.2, -0.15) is 0 Å². The number of benzene rings is 2. The molecule has 1 N–H and O–H groups in total. The van der Waals surface area contributed by atoms with Gasteiger partial charge in [-0.05, 0) is 80.3 Å². The lowest BCUT2D eigenvalue weighted by Gasteiger charge is -2.25. The van der Waals surface area contributed by atoms with Crippen LogP contribution in [0.4, 0.5) is 0 Å². The molecule has 1 aromatic heterocycles. The number of ether oxygens (including phenoxy) is 2. The Morgan fingerprint density at radius 1 is 1.08 bits per heavy atom. The van der Waals surface area contributed by atoms with Crippen molar-refractivity contribution in [3.63, 3.8) is 0 Å². The lowest BCUT2D eigenvalue weighted by Crippen LogP contribution is -2.29. The van der Waals surface area contributed by atoms with Crippen molar-refractivity contribution in [2.24, 2.45) is 0 Å². The van der Waals surface area contributed by atoms with E-state index in [4.69, 9.17) is 9.47 Å². The second-order valence-electron chi connectivity index (χ2n) is 9.50. The summed E-state index contributed by atoms with van der Waals surface area (Å²) in [7, 11) is 1.56. The minimum atomic E-state index is -0.851. The number of carbonyl (C=O) groups excluding carboxylic acids is 3. The number of aromatic nitrogens is 1. The molecule has 8 heteroatoms. The minimum absolute atomic E-state index is 0.00667. The summed E-state index contributed by atoms with van der Waals surface area (Å²) in [6.07, 6.45) is 2.93. The zero-order chi connectivity index (χ0) is 27.6. The molecule has 1 fully saturated rings. The van der Waals surface area contributed by atoms with E-state index in [0.29, 0.717) is 33.6 Å². The first-order valence-corrected chi connectivity index (χ1v) is 12.3. The average Bonchev–Trinajstić information content (AvgIpc) is 3.14. The first kappa shape index (κ1) is 26.6. The molecule has 1 aliphatic heterocycles. The van der Waals surface area contributed by atoms with E-state index in [0.717, 1.165) is 5.56 Å². The summed E-state index contributed by atoms with van der Waals surface area (Å²) in [5.41, 5.74) is 3.61. The summed E-state index contributed by atoms with van der Waals surface area (Å²) >= 11 is 0. The highest BCUT2D eigenvalue weighted by atomic mass is 16.5. The van der Waals surface area contributed by atoms with Crippen LogP contribution in [0.15, 0.2) is 66.5 Å². The number of hydrogen-bond acceptors (Lipinski definition) is 7. The Bertz CT molecular complexity index is 1410. The maximum atomic E-state index is 13.4. The second kappa shape index (κ2) is 10.9. The number of aliphatic hydroxyl groups is 1. The first-order chi connectivity index (χ1) is 18.1. The monoisotopic (exact) mass is 514 g/mol. The zero-order valence-electron chi connectivity index (χ0n) is 22.0. The number of Topliss-reactive ketones (excluding diaryl/α,β-unsaturated/α-hetero) is 1. The van der Waals surface area contributed by atoms with Crippen molar-refractivity contribution >= 4 is 23.4 Å². The number of esters is 1. The number of ketones is 1. The van der Waals surface area contributed by atoms with Crippen LogP contribution in [0.5, 0.6) is 5.75 Å². The largest absolute Gasteiger partial charge is 0.507 e.